The van der Waals surface area contributed by atoms with Crippen LogP contribution >= 0.6 is 12.4 Å². The minimum Gasteiger partial charge on any atom is -0.387 e. The van der Waals surface area contributed by atoms with Crippen molar-refractivity contribution < 1.29 is 9.84 Å². The minimum absolute atomic E-state index is 0. The molecule has 1 aliphatic carbocycles. The van der Waals surface area contributed by atoms with Crippen molar-refractivity contribution in [3.8, 4) is 0 Å². The second-order valence-electron chi connectivity index (χ2n) is 3.17. The second kappa shape index (κ2) is 3.27. The lowest BCUT2D eigenvalue weighted by Crippen LogP contribution is -2.46. The van der Waals surface area contributed by atoms with Crippen LogP contribution in [-0.2, 0) is 4.74 Å². The van der Waals surface area contributed by atoms with Crippen LogP contribution in [0.1, 0.15) is 12.8 Å². The number of rotatable bonds is 1. The van der Waals surface area contributed by atoms with E-state index < -0.39 is 5.60 Å². The highest BCUT2D eigenvalue weighted by Gasteiger charge is 2.48. The van der Waals surface area contributed by atoms with Gasteiger partial charge in [-0.25, -0.2) is 0 Å². The van der Waals surface area contributed by atoms with Crippen molar-refractivity contribution in [2.24, 2.45) is 0 Å². The van der Waals surface area contributed by atoms with Gasteiger partial charge in [0.25, 0.3) is 0 Å². The SMILES string of the molecule is Cl.OC1([C@@H]2CNCCO2)CC1. The molecule has 1 saturated heterocycles. The molecule has 11 heavy (non-hydrogen) atoms. The van der Waals surface area contributed by atoms with Crippen LogP contribution in [0.2, 0.25) is 0 Å². The number of halogens is 1. The molecule has 0 aromatic carbocycles. The number of hydrogen-bond acceptors (Lipinski definition) is 3. The molecule has 1 aliphatic heterocycles. The third kappa shape index (κ3) is 1.85. The average Bonchev–Trinajstić information content (AvgIpc) is 2.72. The van der Waals surface area contributed by atoms with E-state index in [9.17, 15) is 5.11 Å². The van der Waals surface area contributed by atoms with E-state index in [2.05, 4.69) is 5.32 Å². The number of ether oxygens (including phenoxy) is 1. The highest BCUT2D eigenvalue weighted by Crippen LogP contribution is 2.39. The lowest BCUT2D eigenvalue weighted by atomic mass is 10.1. The maximum absolute atomic E-state index is 9.59. The summed E-state index contributed by atoms with van der Waals surface area (Å²) in [7, 11) is 0. The predicted molar refractivity (Wildman–Crippen MR) is 44.0 cm³/mol. The summed E-state index contributed by atoms with van der Waals surface area (Å²) in [5.74, 6) is 0. The summed E-state index contributed by atoms with van der Waals surface area (Å²) in [6.07, 6.45) is 1.89. The van der Waals surface area contributed by atoms with Crippen LogP contribution in [0.3, 0.4) is 0 Å². The molecule has 2 aliphatic rings. The second-order valence-corrected chi connectivity index (χ2v) is 3.17. The number of hydrogen-bond donors (Lipinski definition) is 2. The van der Waals surface area contributed by atoms with Crippen molar-refractivity contribution in [1.82, 2.24) is 5.32 Å². The van der Waals surface area contributed by atoms with Crippen LogP contribution in [0, 0.1) is 0 Å². The van der Waals surface area contributed by atoms with Crippen LogP contribution in [0.25, 0.3) is 0 Å². The molecule has 0 bridgehead atoms. The Morgan fingerprint density at radius 2 is 2.18 bits per heavy atom. The first kappa shape index (κ1) is 9.26. The van der Waals surface area contributed by atoms with E-state index in [1.807, 2.05) is 0 Å². The molecule has 2 rings (SSSR count). The van der Waals surface area contributed by atoms with Gasteiger partial charge in [-0.15, -0.1) is 12.4 Å². The average molecular weight is 180 g/mol. The highest BCUT2D eigenvalue weighted by molar-refractivity contribution is 5.85. The van der Waals surface area contributed by atoms with Crippen LogP contribution < -0.4 is 5.32 Å². The Kier molecular flexibility index (Phi) is 2.75. The lowest BCUT2D eigenvalue weighted by Gasteiger charge is -2.27. The van der Waals surface area contributed by atoms with Gasteiger partial charge >= 0.3 is 0 Å². The molecule has 0 unspecified atom stereocenters. The normalized spacial score (nSPS) is 34.1. The van der Waals surface area contributed by atoms with Gasteiger partial charge in [0.15, 0.2) is 0 Å². The Balaban J connectivity index is 0.000000605. The third-order valence-electron chi connectivity index (χ3n) is 2.29. The van der Waals surface area contributed by atoms with E-state index in [4.69, 9.17) is 4.74 Å². The smallest absolute Gasteiger partial charge is 0.0986 e. The maximum atomic E-state index is 9.59. The van der Waals surface area contributed by atoms with E-state index in [0.29, 0.717) is 0 Å². The van der Waals surface area contributed by atoms with Crippen LogP contribution in [0.5, 0.6) is 0 Å². The molecular formula is C7H14ClNO2. The first-order chi connectivity index (χ1) is 4.81. The standard InChI is InChI=1S/C7H13NO2.ClH/c9-7(1-2-7)6-5-8-3-4-10-6;/h6,8-9H,1-5H2;1H/t6-;/m0./s1. The molecule has 0 amide bonds. The molecule has 1 atom stereocenters. The van der Waals surface area contributed by atoms with Crippen molar-refractivity contribution in [2.45, 2.75) is 24.5 Å². The summed E-state index contributed by atoms with van der Waals surface area (Å²) in [6, 6.07) is 0. The Labute approximate surface area is 72.5 Å². The van der Waals surface area contributed by atoms with Gasteiger partial charge in [0.05, 0.1) is 18.3 Å². The van der Waals surface area contributed by atoms with Gasteiger partial charge in [-0.05, 0) is 12.8 Å². The Hall–Kier alpha value is 0.170. The van der Waals surface area contributed by atoms with Crippen molar-refractivity contribution >= 4 is 12.4 Å². The molecule has 1 saturated carbocycles. The summed E-state index contributed by atoms with van der Waals surface area (Å²) < 4.78 is 5.39. The van der Waals surface area contributed by atoms with Crippen molar-refractivity contribution in [3.05, 3.63) is 0 Å². The monoisotopic (exact) mass is 179 g/mol. The fourth-order valence-corrected chi connectivity index (χ4v) is 1.36. The molecule has 2 fully saturated rings. The molecule has 0 aromatic heterocycles. The summed E-state index contributed by atoms with van der Waals surface area (Å²) in [5, 5.41) is 12.8. The highest BCUT2D eigenvalue weighted by atomic mass is 35.5. The molecule has 1 heterocycles. The van der Waals surface area contributed by atoms with Crippen molar-refractivity contribution in [3.63, 3.8) is 0 Å². The molecular weight excluding hydrogens is 166 g/mol. The fourth-order valence-electron chi connectivity index (χ4n) is 1.36. The van der Waals surface area contributed by atoms with E-state index >= 15 is 0 Å². The van der Waals surface area contributed by atoms with Gasteiger partial charge < -0.3 is 15.2 Å². The summed E-state index contributed by atoms with van der Waals surface area (Å²) in [4.78, 5) is 0. The van der Waals surface area contributed by atoms with Gasteiger partial charge in [-0.2, -0.15) is 0 Å². The molecule has 0 radical (unpaired) electrons. The zero-order valence-corrected chi connectivity index (χ0v) is 7.19. The third-order valence-corrected chi connectivity index (χ3v) is 2.29. The van der Waals surface area contributed by atoms with Gasteiger partial charge in [0, 0.05) is 13.1 Å². The number of aliphatic hydroxyl groups is 1. The zero-order chi connectivity index (χ0) is 7.03. The summed E-state index contributed by atoms with van der Waals surface area (Å²) >= 11 is 0. The Morgan fingerprint density at radius 3 is 2.64 bits per heavy atom. The molecule has 3 nitrogen and oxygen atoms in total. The molecule has 4 heteroatoms. The van der Waals surface area contributed by atoms with E-state index in [0.717, 1.165) is 32.5 Å². The van der Waals surface area contributed by atoms with Gasteiger partial charge in [-0.3, -0.25) is 0 Å². The quantitative estimate of drug-likeness (QED) is 0.592. The van der Waals surface area contributed by atoms with Gasteiger partial charge in [0.1, 0.15) is 0 Å². The van der Waals surface area contributed by atoms with Crippen LogP contribution in [0.15, 0.2) is 0 Å². The van der Waals surface area contributed by atoms with E-state index in [1.54, 1.807) is 0 Å². The van der Waals surface area contributed by atoms with E-state index in [-0.39, 0.29) is 18.5 Å². The number of nitrogens with one attached hydrogen (secondary N) is 1. The summed E-state index contributed by atoms with van der Waals surface area (Å²) in [5.41, 5.74) is -0.465. The topological polar surface area (TPSA) is 41.5 Å². The van der Waals surface area contributed by atoms with Gasteiger partial charge in [0.2, 0.25) is 0 Å². The van der Waals surface area contributed by atoms with Gasteiger partial charge in [-0.1, -0.05) is 0 Å². The number of morpholine rings is 1. The molecule has 66 valence electrons. The first-order valence-electron chi connectivity index (χ1n) is 3.86. The zero-order valence-electron chi connectivity index (χ0n) is 6.38. The Morgan fingerprint density at radius 1 is 1.45 bits per heavy atom. The fraction of sp³-hybridized carbons (Fsp3) is 1.00. The molecule has 2 N–H and O–H groups in total. The van der Waals surface area contributed by atoms with Crippen molar-refractivity contribution in [1.29, 1.82) is 0 Å². The van der Waals surface area contributed by atoms with Crippen molar-refractivity contribution in [2.75, 3.05) is 19.7 Å². The van der Waals surface area contributed by atoms with Crippen LogP contribution in [0.4, 0.5) is 0 Å². The first-order valence-corrected chi connectivity index (χ1v) is 3.86. The maximum Gasteiger partial charge on any atom is 0.0986 e. The molecule has 0 aromatic rings. The largest absolute Gasteiger partial charge is 0.387 e. The minimum atomic E-state index is -0.465. The predicted octanol–water partition coefficient (Wildman–Crippen LogP) is -0.0785. The molecule has 0 spiro atoms. The Bertz CT molecular complexity index is 132. The van der Waals surface area contributed by atoms with Crippen LogP contribution in [-0.4, -0.2) is 36.5 Å². The van der Waals surface area contributed by atoms with E-state index in [1.165, 1.54) is 0 Å². The lowest BCUT2D eigenvalue weighted by molar-refractivity contribution is -0.0660. The summed E-state index contributed by atoms with van der Waals surface area (Å²) in [6.45, 7) is 2.48.